The Morgan fingerprint density at radius 1 is 1.23 bits per heavy atom. The average Bonchev–Trinajstić information content (AvgIpc) is 2.99. The molecule has 0 unspecified atom stereocenters. The molecule has 3 heterocycles. The Morgan fingerprint density at radius 3 is 2.81 bits per heavy atom. The number of nitrogens with zero attached hydrogens (tertiary/aromatic N) is 3. The molecule has 0 bridgehead atoms. The molecule has 1 aromatic carbocycles. The van der Waals surface area contributed by atoms with Gasteiger partial charge in [0.2, 0.25) is 0 Å². The van der Waals surface area contributed by atoms with E-state index in [2.05, 4.69) is 55.4 Å². The number of thiophene rings is 1. The molecule has 0 radical (unpaired) electrons. The van der Waals surface area contributed by atoms with Crippen molar-refractivity contribution in [2.45, 2.75) is 37.7 Å². The smallest absolute Gasteiger partial charge is 0.191 e. The third kappa shape index (κ3) is 3.59. The van der Waals surface area contributed by atoms with Crippen molar-refractivity contribution in [3.63, 3.8) is 0 Å². The molecule has 3 aromatic rings. The number of hydrogen-bond donors (Lipinski definition) is 1. The third-order valence-corrected chi connectivity index (χ3v) is 6.73. The molecule has 6 heteroatoms. The summed E-state index contributed by atoms with van der Waals surface area (Å²) in [7, 11) is 2.19. The Balaban J connectivity index is 1.66. The first kappa shape index (κ1) is 17.8. The van der Waals surface area contributed by atoms with Crippen molar-refractivity contribution < 1.29 is 0 Å². The lowest BCUT2D eigenvalue weighted by Gasteiger charge is -2.22. The first-order valence-electron chi connectivity index (χ1n) is 9.07. The highest BCUT2D eigenvalue weighted by atomic mass is 32.2. The molecular formula is C20H24N4S2. The predicted molar refractivity (Wildman–Crippen MR) is 112 cm³/mol. The van der Waals surface area contributed by atoms with E-state index in [9.17, 15) is 0 Å². The van der Waals surface area contributed by atoms with Gasteiger partial charge in [0.1, 0.15) is 10.6 Å². The maximum atomic E-state index is 4.89. The lowest BCUT2D eigenvalue weighted by molar-refractivity contribution is 0.318. The van der Waals surface area contributed by atoms with Crippen LogP contribution in [0.15, 0.2) is 29.4 Å². The lowest BCUT2D eigenvalue weighted by atomic mass is 10.1. The number of rotatable bonds is 5. The van der Waals surface area contributed by atoms with E-state index in [4.69, 9.17) is 9.97 Å². The van der Waals surface area contributed by atoms with Crippen molar-refractivity contribution in [1.82, 2.24) is 14.9 Å². The van der Waals surface area contributed by atoms with Crippen molar-refractivity contribution >= 4 is 39.1 Å². The van der Waals surface area contributed by atoms with Gasteiger partial charge in [0.15, 0.2) is 5.16 Å². The first-order chi connectivity index (χ1) is 12.6. The van der Waals surface area contributed by atoms with Crippen molar-refractivity contribution in [1.29, 1.82) is 0 Å². The maximum absolute atomic E-state index is 4.89. The summed E-state index contributed by atoms with van der Waals surface area (Å²) in [5, 5.41) is 5.58. The number of benzene rings is 1. The monoisotopic (exact) mass is 384 g/mol. The molecular weight excluding hydrogens is 360 g/mol. The Hall–Kier alpha value is -1.63. The summed E-state index contributed by atoms with van der Waals surface area (Å²) in [6, 6.07) is 8.69. The summed E-state index contributed by atoms with van der Waals surface area (Å²) in [4.78, 5) is 14.7. The molecule has 1 N–H and O–H groups in total. The number of hydrogen-bond acceptors (Lipinski definition) is 6. The molecule has 26 heavy (non-hydrogen) atoms. The fourth-order valence-corrected chi connectivity index (χ4v) is 5.45. The van der Waals surface area contributed by atoms with E-state index >= 15 is 0 Å². The summed E-state index contributed by atoms with van der Waals surface area (Å²) < 4.78 is 0. The number of aryl methyl sites for hydroxylation is 1. The van der Waals surface area contributed by atoms with E-state index in [1.807, 2.05) is 11.3 Å². The van der Waals surface area contributed by atoms with Gasteiger partial charge in [-0.3, -0.25) is 0 Å². The summed E-state index contributed by atoms with van der Waals surface area (Å²) in [6.07, 6.45) is 1.09. The molecule has 2 aromatic heterocycles. The second-order valence-electron chi connectivity index (χ2n) is 6.83. The fraction of sp³-hybridized carbons (Fsp3) is 0.400. The Kier molecular flexibility index (Phi) is 5.16. The molecule has 1 aliphatic rings. The summed E-state index contributed by atoms with van der Waals surface area (Å²) in [5.74, 6) is 1.90. The maximum Gasteiger partial charge on any atom is 0.191 e. The van der Waals surface area contributed by atoms with Crippen LogP contribution in [0.3, 0.4) is 0 Å². The Bertz CT molecular complexity index is 918. The van der Waals surface area contributed by atoms with Gasteiger partial charge in [-0.25, -0.2) is 9.97 Å². The molecule has 0 atom stereocenters. The zero-order valence-electron chi connectivity index (χ0n) is 15.5. The van der Waals surface area contributed by atoms with Gasteiger partial charge < -0.3 is 10.2 Å². The van der Waals surface area contributed by atoms with Crippen LogP contribution < -0.4 is 5.32 Å². The highest BCUT2D eigenvalue weighted by Gasteiger charge is 2.23. The number of anilines is 1. The number of nitrogens with one attached hydrogen (secondary N) is 1. The van der Waals surface area contributed by atoms with Gasteiger partial charge in [-0.2, -0.15) is 0 Å². The lowest BCUT2D eigenvalue weighted by Crippen LogP contribution is -2.25. The molecule has 0 amide bonds. The van der Waals surface area contributed by atoms with E-state index in [0.29, 0.717) is 0 Å². The van der Waals surface area contributed by atoms with Crippen LogP contribution in [-0.4, -0.2) is 35.0 Å². The van der Waals surface area contributed by atoms with Crippen LogP contribution in [0.2, 0.25) is 0 Å². The van der Waals surface area contributed by atoms with Crippen molar-refractivity contribution in [2.75, 3.05) is 25.5 Å². The minimum absolute atomic E-state index is 0.862. The van der Waals surface area contributed by atoms with E-state index < -0.39 is 0 Å². The van der Waals surface area contributed by atoms with Crippen LogP contribution in [0.5, 0.6) is 0 Å². The average molecular weight is 385 g/mol. The van der Waals surface area contributed by atoms with Gasteiger partial charge in [-0.1, -0.05) is 41.6 Å². The number of thioether (sulfide) groups is 1. The van der Waals surface area contributed by atoms with Crippen LogP contribution in [0, 0.1) is 6.92 Å². The van der Waals surface area contributed by atoms with E-state index in [1.165, 1.54) is 27.0 Å². The summed E-state index contributed by atoms with van der Waals surface area (Å²) in [6.45, 7) is 7.24. The van der Waals surface area contributed by atoms with E-state index in [1.54, 1.807) is 11.8 Å². The Morgan fingerprint density at radius 2 is 2.04 bits per heavy atom. The topological polar surface area (TPSA) is 41.1 Å². The van der Waals surface area contributed by atoms with Gasteiger partial charge in [0.25, 0.3) is 0 Å². The molecule has 0 saturated carbocycles. The molecule has 0 fully saturated rings. The second-order valence-corrected chi connectivity index (χ2v) is 8.86. The predicted octanol–water partition coefficient (Wildman–Crippen LogP) is 4.71. The SMILES string of the molecule is CCNc1nc(SCc2ccc(C)cc2)nc2sc3c(c12)CCN(C)C3. The van der Waals surface area contributed by atoms with Crippen molar-refractivity contribution in [3.05, 3.63) is 45.8 Å². The van der Waals surface area contributed by atoms with Gasteiger partial charge >= 0.3 is 0 Å². The Labute approximate surface area is 163 Å². The highest BCUT2D eigenvalue weighted by molar-refractivity contribution is 7.98. The molecule has 0 aliphatic carbocycles. The van der Waals surface area contributed by atoms with Crippen LogP contribution in [0.25, 0.3) is 10.2 Å². The van der Waals surface area contributed by atoms with Gasteiger partial charge in [0.05, 0.1) is 5.39 Å². The molecule has 1 aliphatic heterocycles. The van der Waals surface area contributed by atoms with Gasteiger partial charge in [0, 0.05) is 30.3 Å². The largest absolute Gasteiger partial charge is 0.370 e. The normalized spacial score (nSPS) is 14.6. The third-order valence-electron chi connectivity index (χ3n) is 4.70. The zero-order chi connectivity index (χ0) is 18.1. The van der Waals surface area contributed by atoms with Crippen LogP contribution >= 0.6 is 23.1 Å². The summed E-state index contributed by atoms with van der Waals surface area (Å²) in [5.41, 5.74) is 4.05. The van der Waals surface area contributed by atoms with Crippen LogP contribution in [-0.2, 0) is 18.7 Å². The molecule has 4 nitrogen and oxygen atoms in total. The van der Waals surface area contributed by atoms with Crippen molar-refractivity contribution in [3.8, 4) is 0 Å². The minimum atomic E-state index is 0.862. The molecule has 0 saturated heterocycles. The second kappa shape index (κ2) is 7.55. The zero-order valence-corrected chi connectivity index (χ0v) is 17.1. The number of likely N-dealkylation sites (N-methyl/N-ethyl adjacent to an activating group) is 1. The molecule has 0 spiro atoms. The van der Waals surface area contributed by atoms with Crippen LogP contribution in [0.4, 0.5) is 5.82 Å². The standard InChI is InChI=1S/C20H24N4S2/c1-4-21-18-17-15-9-10-24(3)11-16(15)26-19(17)23-20(22-18)25-12-14-7-5-13(2)6-8-14/h5-8H,4,9-12H2,1-3H3,(H,21,22,23). The fourth-order valence-electron chi connectivity index (χ4n) is 3.30. The quantitative estimate of drug-likeness (QED) is 0.509. The first-order valence-corrected chi connectivity index (χ1v) is 10.9. The van der Waals surface area contributed by atoms with Crippen LogP contribution in [0.1, 0.15) is 28.5 Å². The molecule has 4 rings (SSSR count). The highest BCUT2D eigenvalue weighted by Crippen LogP contribution is 2.38. The van der Waals surface area contributed by atoms with Crippen molar-refractivity contribution in [2.24, 2.45) is 0 Å². The summed E-state index contributed by atoms with van der Waals surface area (Å²) >= 11 is 3.55. The molecule has 136 valence electrons. The van der Waals surface area contributed by atoms with Gasteiger partial charge in [-0.15, -0.1) is 11.3 Å². The van der Waals surface area contributed by atoms with E-state index in [-0.39, 0.29) is 0 Å². The van der Waals surface area contributed by atoms with Gasteiger partial charge in [-0.05, 0) is 38.4 Å². The van der Waals surface area contributed by atoms with E-state index in [0.717, 1.165) is 47.6 Å². The number of fused-ring (bicyclic) bond motifs is 3. The number of aromatic nitrogens is 2. The minimum Gasteiger partial charge on any atom is -0.370 e.